The van der Waals surface area contributed by atoms with Crippen molar-refractivity contribution >= 4 is 17.4 Å². The molecule has 0 saturated heterocycles. The Morgan fingerprint density at radius 3 is 2.59 bits per heavy atom. The van der Waals surface area contributed by atoms with Crippen molar-refractivity contribution in [3.8, 4) is 5.75 Å². The monoisotopic (exact) mass is 300 g/mol. The average Bonchev–Trinajstić information content (AvgIpc) is 2.51. The molecule has 6 nitrogen and oxygen atoms in total. The Labute approximate surface area is 129 Å². The Morgan fingerprint density at radius 1 is 1.18 bits per heavy atom. The molecule has 0 fully saturated rings. The van der Waals surface area contributed by atoms with Crippen LogP contribution >= 0.6 is 0 Å². The van der Waals surface area contributed by atoms with E-state index in [4.69, 9.17) is 5.73 Å². The van der Waals surface area contributed by atoms with E-state index < -0.39 is 0 Å². The van der Waals surface area contributed by atoms with E-state index >= 15 is 0 Å². The summed E-state index contributed by atoms with van der Waals surface area (Å²) >= 11 is 0. The van der Waals surface area contributed by atoms with Crippen molar-refractivity contribution in [2.24, 2.45) is 5.73 Å². The van der Waals surface area contributed by atoms with Crippen LogP contribution in [0.15, 0.2) is 42.6 Å². The number of anilines is 2. The van der Waals surface area contributed by atoms with Gasteiger partial charge in [0.25, 0.3) is 0 Å². The molecule has 5 N–H and O–H groups in total. The second kappa shape index (κ2) is 7.99. The minimum atomic E-state index is -0.136. The number of aromatic nitrogens is 1. The summed E-state index contributed by atoms with van der Waals surface area (Å²) in [4.78, 5) is 15.6. The highest BCUT2D eigenvalue weighted by molar-refractivity contribution is 5.89. The quantitative estimate of drug-likeness (QED) is 0.624. The topological polar surface area (TPSA) is 100 Å². The highest BCUT2D eigenvalue weighted by Crippen LogP contribution is 2.12. The zero-order valence-corrected chi connectivity index (χ0v) is 12.2. The molecule has 1 amide bonds. The van der Waals surface area contributed by atoms with Gasteiger partial charge in [0.15, 0.2) is 0 Å². The highest BCUT2D eigenvalue weighted by Gasteiger charge is 2.02. The zero-order valence-electron chi connectivity index (χ0n) is 12.2. The van der Waals surface area contributed by atoms with Crippen LogP contribution < -0.4 is 16.4 Å². The van der Waals surface area contributed by atoms with Crippen molar-refractivity contribution in [1.29, 1.82) is 0 Å². The Kier molecular flexibility index (Phi) is 5.73. The number of phenolic OH excluding ortho intramolecular Hbond substituents is 1. The fourth-order valence-electron chi connectivity index (χ4n) is 1.92. The summed E-state index contributed by atoms with van der Waals surface area (Å²) in [7, 11) is 0. The van der Waals surface area contributed by atoms with E-state index in [2.05, 4.69) is 15.6 Å². The van der Waals surface area contributed by atoms with E-state index in [-0.39, 0.29) is 18.1 Å². The van der Waals surface area contributed by atoms with Crippen molar-refractivity contribution in [2.45, 2.75) is 12.8 Å². The number of nitrogens with zero attached hydrogens (tertiary/aromatic N) is 1. The first-order valence-corrected chi connectivity index (χ1v) is 7.15. The van der Waals surface area contributed by atoms with Crippen LogP contribution in [-0.2, 0) is 11.2 Å². The van der Waals surface area contributed by atoms with Gasteiger partial charge >= 0.3 is 0 Å². The molecule has 0 aliphatic heterocycles. The second-order valence-corrected chi connectivity index (χ2v) is 4.86. The fourth-order valence-corrected chi connectivity index (χ4v) is 1.92. The molecule has 0 saturated carbocycles. The predicted molar refractivity (Wildman–Crippen MR) is 86.8 cm³/mol. The first-order chi connectivity index (χ1) is 10.7. The van der Waals surface area contributed by atoms with E-state index in [0.717, 1.165) is 24.2 Å². The van der Waals surface area contributed by atoms with Crippen LogP contribution in [-0.4, -0.2) is 29.1 Å². The number of hydrogen-bond donors (Lipinski definition) is 4. The number of aromatic hydroxyl groups is 1. The van der Waals surface area contributed by atoms with Crippen LogP contribution in [0.3, 0.4) is 0 Å². The van der Waals surface area contributed by atoms with Crippen molar-refractivity contribution < 1.29 is 9.90 Å². The lowest BCUT2D eigenvalue weighted by Crippen LogP contribution is -2.16. The first-order valence-electron chi connectivity index (χ1n) is 7.15. The van der Waals surface area contributed by atoms with Gasteiger partial charge in [0.2, 0.25) is 5.91 Å². The Balaban J connectivity index is 1.78. The largest absolute Gasteiger partial charge is 0.508 e. The van der Waals surface area contributed by atoms with E-state index in [0.29, 0.717) is 12.4 Å². The number of hydrogen-bond acceptors (Lipinski definition) is 5. The lowest BCUT2D eigenvalue weighted by atomic mass is 10.1. The number of carbonyl (C=O) groups excluding carboxylic acids is 1. The lowest BCUT2D eigenvalue weighted by Gasteiger charge is -2.08. The molecule has 0 unspecified atom stereocenters. The van der Waals surface area contributed by atoms with E-state index in [9.17, 15) is 9.90 Å². The smallest absolute Gasteiger partial charge is 0.226 e. The highest BCUT2D eigenvalue weighted by atomic mass is 16.3. The van der Waals surface area contributed by atoms with Crippen LogP contribution in [0.1, 0.15) is 12.0 Å². The molecule has 0 aliphatic carbocycles. The van der Waals surface area contributed by atoms with Crippen LogP contribution in [0.4, 0.5) is 11.5 Å². The molecule has 0 aliphatic rings. The minimum Gasteiger partial charge on any atom is -0.508 e. The maximum absolute atomic E-state index is 11.4. The summed E-state index contributed by atoms with van der Waals surface area (Å²) in [5, 5.41) is 15.2. The summed E-state index contributed by atoms with van der Waals surface area (Å²) < 4.78 is 0. The molecule has 2 rings (SSSR count). The average molecular weight is 300 g/mol. The van der Waals surface area contributed by atoms with Crippen LogP contribution in [0.2, 0.25) is 0 Å². The van der Waals surface area contributed by atoms with Gasteiger partial charge in [-0.2, -0.15) is 0 Å². The van der Waals surface area contributed by atoms with Gasteiger partial charge in [0.1, 0.15) is 11.6 Å². The molecule has 1 aromatic carbocycles. The van der Waals surface area contributed by atoms with Crippen molar-refractivity contribution in [1.82, 2.24) is 4.98 Å². The number of amides is 1. The standard InChI is InChI=1S/C16H20N4O2/c17-9-7-16(22)20-15-6-3-13(11-19-15)18-10-8-12-1-4-14(21)5-2-12/h1-6,11,18,21H,7-10,17H2,(H,19,20,22). The summed E-state index contributed by atoms with van der Waals surface area (Å²) in [6.07, 6.45) is 2.80. The Bertz CT molecular complexity index is 597. The number of benzene rings is 1. The molecule has 1 heterocycles. The fraction of sp³-hybridized carbons (Fsp3) is 0.250. The van der Waals surface area contributed by atoms with Crippen LogP contribution in [0.5, 0.6) is 5.75 Å². The number of carbonyl (C=O) groups is 1. The Morgan fingerprint density at radius 2 is 1.95 bits per heavy atom. The van der Waals surface area contributed by atoms with Gasteiger partial charge in [-0.1, -0.05) is 12.1 Å². The maximum atomic E-state index is 11.4. The molecule has 22 heavy (non-hydrogen) atoms. The molecule has 2 aromatic rings. The van der Waals surface area contributed by atoms with Crippen molar-refractivity contribution in [3.05, 3.63) is 48.2 Å². The van der Waals surface area contributed by atoms with Crippen LogP contribution in [0, 0.1) is 0 Å². The molecular formula is C16H20N4O2. The van der Waals surface area contributed by atoms with Gasteiger partial charge in [-0.3, -0.25) is 4.79 Å². The number of rotatable bonds is 7. The third-order valence-corrected chi connectivity index (χ3v) is 3.08. The third-order valence-electron chi connectivity index (χ3n) is 3.08. The van der Waals surface area contributed by atoms with Crippen molar-refractivity contribution in [3.63, 3.8) is 0 Å². The Hall–Kier alpha value is -2.60. The predicted octanol–water partition coefficient (Wildman–Crippen LogP) is 1.73. The number of phenols is 1. The molecule has 0 spiro atoms. The summed E-state index contributed by atoms with van der Waals surface area (Å²) in [5.74, 6) is 0.652. The molecule has 0 radical (unpaired) electrons. The van der Waals surface area contributed by atoms with Gasteiger partial charge in [-0.15, -0.1) is 0 Å². The minimum absolute atomic E-state index is 0.136. The summed E-state index contributed by atoms with van der Waals surface area (Å²) in [6.45, 7) is 1.08. The molecule has 6 heteroatoms. The zero-order chi connectivity index (χ0) is 15.8. The molecule has 116 valence electrons. The number of nitrogens with one attached hydrogen (secondary N) is 2. The number of pyridine rings is 1. The van der Waals surface area contributed by atoms with E-state index in [1.165, 1.54) is 0 Å². The number of nitrogens with two attached hydrogens (primary N) is 1. The van der Waals surface area contributed by atoms with Gasteiger partial charge < -0.3 is 21.5 Å². The molecule has 0 bridgehead atoms. The first kappa shape index (κ1) is 15.8. The normalized spacial score (nSPS) is 10.2. The second-order valence-electron chi connectivity index (χ2n) is 4.86. The third kappa shape index (κ3) is 5.06. The van der Waals surface area contributed by atoms with Gasteiger partial charge in [-0.25, -0.2) is 4.98 Å². The lowest BCUT2D eigenvalue weighted by molar-refractivity contribution is -0.116. The summed E-state index contributed by atoms with van der Waals surface area (Å²) in [5.41, 5.74) is 7.34. The SMILES string of the molecule is NCCC(=O)Nc1ccc(NCCc2ccc(O)cc2)cn1. The van der Waals surface area contributed by atoms with Gasteiger partial charge in [-0.05, 0) is 36.2 Å². The van der Waals surface area contributed by atoms with E-state index in [1.54, 1.807) is 24.4 Å². The van der Waals surface area contributed by atoms with E-state index in [1.807, 2.05) is 18.2 Å². The van der Waals surface area contributed by atoms with Gasteiger partial charge in [0.05, 0.1) is 11.9 Å². The maximum Gasteiger partial charge on any atom is 0.226 e. The summed E-state index contributed by atoms with van der Waals surface area (Å²) in [6, 6.07) is 10.8. The van der Waals surface area contributed by atoms with Crippen molar-refractivity contribution in [2.75, 3.05) is 23.7 Å². The molecule has 1 aromatic heterocycles. The molecule has 0 atom stereocenters. The van der Waals surface area contributed by atoms with Crippen LogP contribution in [0.25, 0.3) is 0 Å². The van der Waals surface area contributed by atoms with Gasteiger partial charge in [0, 0.05) is 19.5 Å². The molecular weight excluding hydrogens is 280 g/mol.